The Morgan fingerprint density at radius 1 is 1.60 bits per heavy atom. The topological polar surface area (TPSA) is 67.2 Å². The molecule has 4 N–H and O–H groups in total. The standard InChI is InChI=1S/C11H21N3O/c1-3-5-10(9(12)4-2)14-8-6-11(15)13-7-8/h6,9-10,14H,3-5,7,12H2,1-2H3,(H,13,15). The lowest BCUT2D eigenvalue weighted by Crippen LogP contribution is -2.44. The molecule has 4 nitrogen and oxygen atoms in total. The van der Waals surface area contributed by atoms with Gasteiger partial charge in [0.15, 0.2) is 0 Å². The first kappa shape index (κ1) is 12.0. The van der Waals surface area contributed by atoms with Gasteiger partial charge >= 0.3 is 0 Å². The van der Waals surface area contributed by atoms with E-state index in [4.69, 9.17) is 5.73 Å². The summed E-state index contributed by atoms with van der Waals surface area (Å²) >= 11 is 0. The zero-order valence-electron chi connectivity index (χ0n) is 9.55. The van der Waals surface area contributed by atoms with Crippen LogP contribution in [-0.2, 0) is 4.79 Å². The van der Waals surface area contributed by atoms with E-state index in [0.717, 1.165) is 25.0 Å². The van der Waals surface area contributed by atoms with E-state index in [1.54, 1.807) is 6.08 Å². The predicted molar refractivity (Wildman–Crippen MR) is 61.2 cm³/mol. The van der Waals surface area contributed by atoms with Crippen LogP contribution < -0.4 is 16.4 Å². The molecule has 1 aliphatic rings. The summed E-state index contributed by atoms with van der Waals surface area (Å²) in [7, 11) is 0. The van der Waals surface area contributed by atoms with E-state index in [0.29, 0.717) is 6.54 Å². The van der Waals surface area contributed by atoms with E-state index < -0.39 is 0 Å². The lowest BCUT2D eigenvalue weighted by molar-refractivity contribution is -0.115. The Balaban J connectivity index is 2.50. The maximum absolute atomic E-state index is 11.0. The molecule has 1 rings (SSSR count). The third-order valence-corrected chi connectivity index (χ3v) is 2.72. The van der Waals surface area contributed by atoms with E-state index in [1.165, 1.54) is 0 Å². The highest BCUT2D eigenvalue weighted by molar-refractivity contribution is 5.90. The Bertz CT molecular complexity index is 250. The Morgan fingerprint density at radius 3 is 2.80 bits per heavy atom. The summed E-state index contributed by atoms with van der Waals surface area (Å²) in [6.07, 6.45) is 4.71. The van der Waals surface area contributed by atoms with Gasteiger partial charge in [-0.15, -0.1) is 0 Å². The van der Waals surface area contributed by atoms with Crippen LogP contribution in [-0.4, -0.2) is 24.5 Å². The molecule has 1 aliphatic heterocycles. The van der Waals surface area contributed by atoms with Crippen LogP contribution in [0.25, 0.3) is 0 Å². The summed E-state index contributed by atoms with van der Waals surface area (Å²) in [4.78, 5) is 11.0. The summed E-state index contributed by atoms with van der Waals surface area (Å²) in [5.74, 6) is -0.0159. The van der Waals surface area contributed by atoms with Crippen molar-refractivity contribution >= 4 is 5.91 Å². The molecule has 15 heavy (non-hydrogen) atoms. The zero-order chi connectivity index (χ0) is 11.3. The Hall–Kier alpha value is -1.03. The van der Waals surface area contributed by atoms with Crippen molar-refractivity contribution in [2.75, 3.05) is 6.54 Å². The fraction of sp³-hybridized carbons (Fsp3) is 0.727. The van der Waals surface area contributed by atoms with Crippen molar-refractivity contribution in [3.63, 3.8) is 0 Å². The third-order valence-electron chi connectivity index (χ3n) is 2.72. The maximum Gasteiger partial charge on any atom is 0.246 e. The van der Waals surface area contributed by atoms with Gasteiger partial charge in [0.05, 0.1) is 6.54 Å². The van der Waals surface area contributed by atoms with Crippen molar-refractivity contribution in [2.45, 2.75) is 45.2 Å². The van der Waals surface area contributed by atoms with Crippen LogP contribution in [0, 0.1) is 0 Å². The molecule has 0 spiro atoms. The first-order chi connectivity index (χ1) is 7.17. The molecular weight excluding hydrogens is 190 g/mol. The Kier molecular flexibility index (Phi) is 4.62. The van der Waals surface area contributed by atoms with Crippen LogP contribution >= 0.6 is 0 Å². The smallest absolute Gasteiger partial charge is 0.246 e. The van der Waals surface area contributed by atoms with Gasteiger partial charge in [0.25, 0.3) is 0 Å². The lowest BCUT2D eigenvalue weighted by atomic mass is 10.0. The van der Waals surface area contributed by atoms with Crippen LogP contribution in [0.4, 0.5) is 0 Å². The number of carbonyl (C=O) groups excluding carboxylic acids is 1. The third kappa shape index (κ3) is 3.55. The number of hydrogen-bond acceptors (Lipinski definition) is 3. The highest BCUT2D eigenvalue weighted by Gasteiger charge is 2.18. The molecule has 1 amide bonds. The minimum Gasteiger partial charge on any atom is -0.382 e. The second-order valence-corrected chi connectivity index (χ2v) is 4.00. The normalized spacial score (nSPS) is 19.4. The quantitative estimate of drug-likeness (QED) is 0.599. The predicted octanol–water partition coefficient (Wildman–Crippen LogP) is 0.496. The molecule has 1 heterocycles. The van der Waals surface area contributed by atoms with Crippen LogP contribution in [0.5, 0.6) is 0 Å². The van der Waals surface area contributed by atoms with Gasteiger partial charge in [0.2, 0.25) is 5.91 Å². The molecule has 0 bridgehead atoms. The maximum atomic E-state index is 11.0. The summed E-state index contributed by atoms with van der Waals surface area (Å²) in [6.45, 7) is 4.83. The Labute approximate surface area is 91.3 Å². The highest BCUT2D eigenvalue weighted by atomic mass is 16.1. The molecule has 0 saturated carbocycles. The van der Waals surface area contributed by atoms with Gasteiger partial charge in [0, 0.05) is 23.9 Å². The first-order valence-electron chi connectivity index (χ1n) is 5.67. The van der Waals surface area contributed by atoms with Gasteiger partial charge < -0.3 is 16.4 Å². The molecule has 0 aromatic heterocycles. The molecule has 0 fully saturated rings. The van der Waals surface area contributed by atoms with Gasteiger partial charge in [-0.05, 0) is 12.8 Å². The van der Waals surface area contributed by atoms with Crippen molar-refractivity contribution in [1.29, 1.82) is 0 Å². The van der Waals surface area contributed by atoms with Crippen molar-refractivity contribution in [2.24, 2.45) is 5.73 Å². The van der Waals surface area contributed by atoms with Crippen LogP contribution in [0.3, 0.4) is 0 Å². The van der Waals surface area contributed by atoms with Gasteiger partial charge in [-0.1, -0.05) is 20.3 Å². The van der Waals surface area contributed by atoms with Gasteiger partial charge in [0.1, 0.15) is 0 Å². The van der Waals surface area contributed by atoms with E-state index >= 15 is 0 Å². The number of hydrogen-bond donors (Lipinski definition) is 3. The number of amides is 1. The zero-order valence-corrected chi connectivity index (χ0v) is 9.55. The summed E-state index contributed by atoms with van der Waals surface area (Å²) in [5.41, 5.74) is 6.98. The fourth-order valence-electron chi connectivity index (χ4n) is 1.76. The second kappa shape index (κ2) is 5.75. The van der Waals surface area contributed by atoms with Crippen LogP contribution in [0.1, 0.15) is 33.1 Å². The second-order valence-electron chi connectivity index (χ2n) is 4.00. The van der Waals surface area contributed by atoms with Gasteiger partial charge in [-0.2, -0.15) is 0 Å². The van der Waals surface area contributed by atoms with Crippen LogP contribution in [0.2, 0.25) is 0 Å². The minimum absolute atomic E-state index is 0.0159. The number of nitrogens with one attached hydrogen (secondary N) is 2. The summed E-state index contributed by atoms with van der Waals surface area (Å²) in [6, 6.07) is 0.431. The molecule has 0 aromatic rings. The molecular formula is C11H21N3O. The molecule has 86 valence electrons. The largest absolute Gasteiger partial charge is 0.382 e. The molecule has 4 heteroatoms. The SMILES string of the molecule is CCCC(NC1=CC(=O)NC1)C(N)CC. The average Bonchev–Trinajstić information content (AvgIpc) is 2.62. The van der Waals surface area contributed by atoms with E-state index in [-0.39, 0.29) is 18.0 Å². The molecule has 0 aliphatic carbocycles. The molecule has 0 aromatic carbocycles. The molecule has 0 radical (unpaired) electrons. The van der Waals surface area contributed by atoms with E-state index in [9.17, 15) is 4.79 Å². The fourth-order valence-corrected chi connectivity index (χ4v) is 1.76. The molecule has 2 atom stereocenters. The van der Waals surface area contributed by atoms with E-state index in [2.05, 4.69) is 24.5 Å². The monoisotopic (exact) mass is 211 g/mol. The molecule has 2 unspecified atom stereocenters. The van der Waals surface area contributed by atoms with Crippen molar-refractivity contribution in [3.8, 4) is 0 Å². The van der Waals surface area contributed by atoms with Crippen molar-refractivity contribution in [3.05, 3.63) is 11.8 Å². The molecule has 0 saturated heterocycles. The average molecular weight is 211 g/mol. The van der Waals surface area contributed by atoms with E-state index in [1.807, 2.05) is 0 Å². The summed E-state index contributed by atoms with van der Waals surface area (Å²) in [5, 5.41) is 6.09. The van der Waals surface area contributed by atoms with Gasteiger partial charge in [-0.3, -0.25) is 4.79 Å². The number of rotatable bonds is 6. The highest BCUT2D eigenvalue weighted by Crippen LogP contribution is 2.07. The van der Waals surface area contributed by atoms with Crippen LogP contribution in [0.15, 0.2) is 11.8 Å². The number of nitrogens with two attached hydrogens (primary N) is 1. The number of carbonyl (C=O) groups is 1. The Morgan fingerprint density at radius 2 is 2.33 bits per heavy atom. The minimum atomic E-state index is -0.0159. The lowest BCUT2D eigenvalue weighted by Gasteiger charge is -2.25. The van der Waals surface area contributed by atoms with Gasteiger partial charge in [-0.25, -0.2) is 0 Å². The van der Waals surface area contributed by atoms with Crippen molar-refractivity contribution in [1.82, 2.24) is 10.6 Å². The van der Waals surface area contributed by atoms with Crippen molar-refractivity contribution < 1.29 is 4.79 Å². The first-order valence-corrected chi connectivity index (χ1v) is 5.67. The summed E-state index contributed by atoms with van der Waals surface area (Å²) < 4.78 is 0.